The number of benzene rings is 1. The van der Waals surface area contributed by atoms with E-state index in [1.54, 1.807) is 24.4 Å². The fourth-order valence-electron chi connectivity index (χ4n) is 1.62. The number of anilines is 2. The van der Waals surface area contributed by atoms with Gasteiger partial charge in [-0.1, -0.05) is 12.1 Å². The molecule has 7 nitrogen and oxygen atoms in total. The third-order valence-corrected chi connectivity index (χ3v) is 3.56. The number of hydrogen-bond donors (Lipinski definition) is 3. The van der Waals surface area contributed by atoms with E-state index in [-0.39, 0.29) is 4.90 Å². The van der Waals surface area contributed by atoms with E-state index < -0.39 is 10.0 Å². The lowest BCUT2D eigenvalue weighted by molar-refractivity contribution is 0.598. The first-order valence-electron chi connectivity index (χ1n) is 5.89. The van der Waals surface area contributed by atoms with Crippen LogP contribution in [-0.2, 0) is 16.4 Å². The Morgan fingerprint density at radius 1 is 1.15 bits per heavy atom. The van der Waals surface area contributed by atoms with E-state index in [1.807, 2.05) is 0 Å². The van der Waals surface area contributed by atoms with Crippen molar-refractivity contribution in [1.29, 1.82) is 0 Å². The van der Waals surface area contributed by atoms with Crippen LogP contribution >= 0.6 is 0 Å². The molecule has 0 aliphatic rings. The van der Waals surface area contributed by atoms with Crippen molar-refractivity contribution < 1.29 is 8.42 Å². The fraction of sp³-hybridized carbons (Fsp3) is 0.167. The number of nitrogens with one attached hydrogen (secondary N) is 1. The van der Waals surface area contributed by atoms with Crippen molar-refractivity contribution in [3.8, 4) is 0 Å². The predicted octanol–water partition coefficient (Wildman–Crippen LogP) is 0.361. The Morgan fingerprint density at radius 2 is 1.85 bits per heavy atom. The van der Waals surface area contributed by atoms with E-state index in [0.29, 0.717) is 24.7 Å². The average molecular weight is 293 g/mol. The molecule has 0 amide bonds. The summed E-state index contributed by atoms with van der Waals surface area (Å²) >= 11 is 0. The zero-order valence-corrected chi connectivity index (χ0v) is 11.5. The Labute approximate surface area is 117 Å². The van der Waals surface area contributed by atoms with Gasteiger partial charge in [-0.2, -0.15) is 4.98 Å². The second kappa shape index (κ2) is 5.85. The van der Waals surface area contributed by atoms with Gasteiger partial charge >= 0.3 is 0 Å². The summed E-state index contributed by atoms with van der Waals surface area (Å²) in [5.74, 6) is 0.867. The minimum atomic E-state index is -3.64. The summed E-state index contributed by atoms with van der Waals surface area (Å²) < 4.78 is 22.2. The van der Waals surface area contributed by atoms with Gasteiger partial charge in [0.1, 0.15) is 5.82 Å². The van der Waals surface area contributed by atoms with Crippen LogP contribution in [0.5, 0.6) is 0 Å². The van der Waals surface area contributed by atoms with Crippen LogP contribution in [0.3, 0.4) is 0 Å². The molecule has 0 aliphatic heterocycles. The number of nitrogen functional groups attached to an aromatic ring is 1. The van der Waals surface area contributed by atoms with Gasteiger partial charge in [0.2, 0.25) is 16.0 Å². The zero-order valence-electron chi connectivity index (χ0n) is 10.7. The van der Waals surface area contributed by atoms with Gasteiger partial charge in [0.05, 0.1) is 4.90 Å². The molecule has 0 saturated heterocycles. The zero-order chi connectivity index (χ0) is 14.6. The molecule has 0 aliphatic carbocycles. The highest BCUT2D eigenvalue weighted by Gasteiger charge is 2.06. The van der Waals surface area contributed by atoms with E-state index in [2.05, 4.69) is 15.3 Å². The Bertz CT molecular complexity index is 685. The van der Waals surface area contributed by atoms with Crippen molar-refractivity contribution in [2.45, 2.75) is 11.3 Å². The number of hydrogen-bond acceptors (Lipinski definition) is 6. The molecule has 20 heavy (non-hydrogen) atoms. The monoisotopic (exact) mass is 293 g/mol. The molecule has 106 valence electrons. The molecule has 0 atom stereocenters. The Balaban J connectivity index is 1.92. The summed E-state index contributed by atoms with van der Waals surface area (Å²) in [5.41, 5.74) is 6.52. The molecule has 1 heterocycles. The minimum absolute atomic E-state index is 0.105. The Kier molecular flexibility index (Phi) is 4.16. The average Bonchev–Trinajstić information content (AvgIpc) is 2.38. The molecule has 5 N–H and O–H groups in total. The maximum Gasteiger partial charge on any atom is 0.238 e. The normalized spacial score (nSPS) is 11.2. The van der Waals surface area contributed by atoms with Gasteiger partial charge < -0.3 is 11.1 Å². The van der Waals surface area contributed by atoms with E-state index in [9.17, 15) is 8.42 Å². The van der Waals surface area contributed by atoms with Crippen molar-refractivity contribution in [3.63, 3.8) is 0 Å². The van der Waals surface area contributed by atoms with Gasteiger partial charge in [0.15, 0.2) is 0 Å². The molecule has 1 aromatic carbocycles. The molecule has 0 fully saturated rings. The highest BCUT2D eigenvalue weighted by molar-refractivity contribution is 7.89. The first kappa shape index (κ1) is 14.2. The lowest BCUT2D eigenvalue weighted by Crippen LogP contribution is -2.12. The maximum atomic E-state index is 11.1. The number of nitrogens with two attached hydrogens (primary N) is 2. The molecule has 8 heteroatoms. The van der Waals surface area contributed by atoms with Crippen LogP contribution in [0.4, 0.5) is 11.8 Å². The molecule has 0 bridgehead atoms. The van der Waals surface area contributed by atoms with Gasteiger partial charge in [-0.25, -0.2) is 18.5 Å². The smallest absolute Gasteiger partial charge is 0.238 e. The van der Waals surface area contributed by atoms with Crippen LogP contribution in [0.2, 0.25) is 0 Å². The van der Waals surface area contributed by atoms with Gasteiger partial charge in [-0.05, 0) is 30.2 Å². The van der Waals surface area contributed by atoms with E-state index in [4.69, 9.17) is 10.9 Å². The van der Waals surface area contributed by atoms with Crippen LogP contribution in [0.25, 0.3) is 0 Å². The molecule has 0 spiro atoms. The highest BCUT2D eigenvalue weighted by atomic mass is 32.2. The molecule has 1 aromatic heterocycles. The van der Waals surface area contributed by atoms with Crippen molar-refractivity contribution >= 4 is 21.8 Å². The molecule has 0 unspecified atom stereocenters. The van der Waals surface area contributed by atoms with Crippen molar-refractivity contribution in [3.05, 3.63) is 42.1 Å². The highest BCUT2D eigenvalue weighted by Crippen LogP contribution is 2.09. The fourth-order valence-corrected chi connectivity index (χ4v) is 2.14. The lowest BCUT2D eigenvalue weighted by atomic mass is 10.1. The summed E-state index contributed by atoms with van der Waals surface area (Å²) in [5, 5.41) is 8.06. The third kappa shape index (κ3) is 3.90. The van der Waals surface area contributed by atoms with E-state index >= 15 is 0 Å². The molecule has 2 rings (SSSR count). The molecular formula is C12H15N5O2S. The standard InChI is InChI=1S/C12H15N5O2S/c13-11-6-8-16-12(17-11)15-7-5-9-1-3-10(4-2-9)20(14,18)19/h1-4,6,8H,5,7H2,(H2,14,18,19)(H3,13,15,16,17). The number of primary sulfonamides is 1. The van der Waals surface area contributed by atoms with Crippen LogP contribution in [0, 0.1) is 0 Å². The predicted molar refractivity (Wildman–Crippen MR) is 76.5 cm³/mol. The third-order valence-electron chi connectivity index (χ3n) is 2.63. The van der Waals surface area contributed by atoms with Crippen molar-refractivity contribution in [1.82, 2.24) is 9.97 Å². The topological polar surface area (TPSA) is 124 Å². The van der Waals surface area contributed by atoms with Gasteiger partial charge in [-0.15, -0.1) is 0 Å². The summed E-state index contributed by atoms with van der Waals surface area (Å²) in [7, 11) is -3.64. The first-order chi connectivity index (χ1) is 9.45. The van der Waals surface area contributed by atoms with Gasteiger partial charge in [0, 0.05) is 12.7 Å². The number of sulfonamides is 1. The van der Waals surface area contributed by atoms with Crippen molar-refractivity contribution in [2.75, 3.05) is 17.6 Å². The maximum absolute atomic E-state index is 11.1. The molecule has 2 aromatic rings. The van der Waals surface area contributed by atoms with Crippen LogP contribution in [0.1, 0.15) is 5.56 Å². The second-order valence-corrected chi connectivity index (χ2v) is 5.73. The van der Waals surface area contributed by atoms with E-state index in [0.717, 1.165) is 5.56 Å². The van der Waals surface area contributed by atoms with Gasteiger partial charge in [-0.3, -0.25) is 0 Å². The van der Waals surface area contributed by atoms with Crippen molar-refractivity contribution in [2.24, 2.45) is 5.14 Å². The van der Waals surface area contributed by atoms with Crippen LogP contribution < -0.4 is 16.2 Å². The summed E-state index contributed by atoms with van der Waals surface area (Å²) in [6, 6.07) is 8.03. The quantitative estimate of drug-likeness (QED) is 0.731. The SMILES string of the molecule is Nc1ccnc(NCCc2ccc(S(N)(=O)=O)cc2)n1. The summed E-state index contributed by atoms with van der Waals surface area (Å²) in [4.78, 5) is 8.13. The number of aromatic nitrogens is 2. The molecule has 0 radical (unpaired) electrons. The lowest BCUT2D eigenvalue weighted by Gasteiger charge is -2.05. The summed E-state index contributed by atoms with van der Waals surface area (Å²) in [6.45, 7) is 0.609. The van der Waals surface area contributed by atoms with Gasteiger partial charge in [0.25, 0.3) is 0 Å². The Hall–Kier alpha value is -2.19. The van der Waals surface area contributed by atoms with Crippen LogP contribution in [-0.4, -0.2) is 24.9 Å². The summed E-state index contributed by atoms with van der Waals surface area (Å²) in [6.07, 6.45) is 2.27. The number of rotatable bonds is 5. The second-order valence-electron chi connectivity index (χ2n) is 4.17. The molecule has 0 saturated carbocycles. The van der Waals surface area contributed by atoms with E-state index in [1.165, 1.54) is 12.1 Å². The largest absolute Gasteiger partial charge is 0.384 e. The minimum Gasteiger partial charge on any atom is -0.384 e. The number of nitrogens with zero attached hydrogens (tertiary/aromatic N) is 2. The molecular weight excluding hydrogens is 278 g/mol. The van der Waals surface area contributed by atoms with Crippen LogP contribution in [0.15, 0.2) is 41.4 Å². The first-order valence-corrected chi connectivity index (χ1v) is 7.44. The Morgan fingerprint density at radius 3 is 2.45 bits per heavy atom.